The van der Waals surface area contributed by atoms with Gasteiger partial charge in [0.2, 0.25) is 0 Å². The van der Waals surface area contributed by atoms with Crippen LogP contribution in [0.1, 0.15) is 12.8 Å². The van der Waals surface area contributed by atoms with E-state index in [-0.39, 0.29) is 12.1 Å². The Bertz CT molecular complexity index is 132. The van der Waals surface area contributed by atoms with Crippen molar-refractivity contribution in [3.8, 4) is 0 Å². The van der Waals surface area contributed by atoms with Gasteiger partial charge in [0.15, 0.2) is 0 Å². The summed E-state index contributed by atoms with van der Waals surface area (Å²) in [6.45, 7) is 1.00. The van der Waals surface area contributed by atoms with Gasteiger partial charge < -0.3 is 10.1 Å². The molecule has 2 rings (SSSR count). The molecule has 0 aromatic carbocycles. The molecule has 50 valence electrons. The van der Waals surface area contributed by atoms with E-state index in [1.54, 1.807) is 0 Å². The highest BCUT2D eigenvalue weighted by Gasteiger charge is 2.37. The molecule has 3 heteroatoms. The lowest BCUT2D eigenvalue weighted by Crippen LogP contribution is -2.25. The second-order valence-electron chi connectivity index (χ2n) is 2.58. The molecule has 9 heavy (non-hydrogen) atoms. The van der Waals surface area contributed by atoms with Crippen molar-refractivity contribution < 1.29 is 9.53 Å². The first kappa shape index (κ1) is 5.23. The number of carbonyl (C=O) groups is 1. The third kappa shape index (κ3) is 0.721. The van der Waals surface area contributed by atoms with Crippen LogP contribution >= 0.6 is 0 Å². The monoisotopic (exact) mass is 127 g/mol. The molecule has 2 unspecified atom stereocenters. The molecule has 1 N–H and O–H groups in total. The van der Waals surface area contributed by atoms with Gasteiger partial charge in [-0.15, -0.1) is 0 Å². The topological polar surface area (TPSA) is 38.3 Å². The minimum Gasteiger partial charge on any atom is -0.461 e. The Morgan fingerprint density at radius 1 is 1.67 bits per heavy atom. The van der Waals surface area contributed by atoms with E-state index in [1.165, 1.54) is 0 Å². The maximum Gasteiger partial charge on any atom is 0.307 e. The van der Waals surface area contributed by atoms with E-state index in [9.17, 15) is 4.79 Å². The van der Waals surface area contributed by atoms with Gasteiger partial charge in [0.25, 0.3) is 0 Å². The molecule has 0 spiro atoms. The Hall–Kier alpha value is -0.570. The normalized spacial score (nSPS) is 40.7. The van der Waals surface area contributed by atoms with Crippen molar-refractivity contribution in [2.75, 3.05) is 6.54 Å². The number of hydrogen-bond donors (Lipinski definition) is 1. The highest BCUT2D eigenvalue weighted by Crippen LogP contribution is 2.21. The van der Waals surface area contributed by atoms with Crippen molar-refractivity contribution in [2.45, 2.75) is 25.0 Å². The summed E-state index contributed by atoms with van der Waals surface area (Å²) in [4.78, 5) is 10.6. The molecule has 2 fully saturated rings. The van der Waals surface area contributed by atoms with Gasteiger partial charge in [-0.3, -0.25) is 4.79 Å². The fourth-order valence-electron chi connectivity index (χ4n) is 1.48. The lowest BCUT2D eigenvalue weighted by atomic mass is 10.2. The molecule has 0 bridgehead atoms. The zero-order valence-corrected chi connectivity index (χ0v) is 5.09. The number of carbonyl (C=O) groups excluding carboxylic acids is 1. The van der Waals surface area contributed by atoms with E-state index in [1.807, 2.05) is 0 Å². The predicted molar refractivity (Wildman–Crippen MR) is 30.9 cm³/mol. The first-order chi connectivity index (χ1) is 4.36. The van der Waals surface area contributed by atoms with E-state index in [0.29, 0.717) is 12.5 Å². The average Bonchev–Trinajstić information content (AvgIpc) is 2.22. The summed E-state index contributed by atoms with van der Waals surface area (Å²) in [6.07, 6.45) is 1.76. The van der Waals surface area contributed by atoms with Crippen LogP contribution in [0.3, 0.4) is 0 Å². The quantitative estimate of drug-likeness (QED) is 0.452. The number of fused-ring (bicyclic) bond motifs is 1. The van der Waals surface area contributed by atoms with Gasteiger partial charge in [0, 0.05) is 0 Å². The number of esters is 1. The van der Waals surface area contributed by atoms with E-state index >= 15 is 0 Å². The molecule has 0 aromatic heterocycles. The Balaban J connectivity index is 2.09. The molecule has 0 radical (unpaired) electrons. The van der Waals surface area contributed by atoms with Gasteiger partial charge in [0.1, 0.15) is 6.10 Å². The molecule has 2 aliphatic heterocycles. The van der Waals surface area contributed by atoms with Crippen LogP contribution in [-0.4, -0.2) is 24.7 Å². The van der Waals surface area contributed by atoms with Gasteiger partial charge in [-0.2, -0.15) is 0 Å². The number of ether oxygens (including phenoxy) is 1. The maximum atomic E-state index is 10.6. The molecule has 0 amide bonds. The Morgan fingerprint density at radius 3 is 3.33 bits per heavy atom. The van der Waals surface area contributed by atoms with Gasteiger partial charge >= 0.3 is 5.97 Å². The molecule has 2 heterocycles. The van der Waals surface area contributed by atoms with Crippen LogP contribution in [-0.2, 0) is 9.53 Å². The third-order valence-corrected chi connectivity index (χ3v) is 1.95. The number of hydrogen-bond acceptors (Lipinski definition) is 3. The van der Waals surface area contributed by atoms with Gasteiger partial charge in [-0.1, -0.05) is 0 Å². The summed E-state index contributed by atoms with van der Waals surface area (Å²) in [5.74, 6) is -0.0443. The molecule has 0 aliphatic carbocycles. The van der Waals surface area contributed by atoms with Crippen molar-refractivity contribution in [1.82, 2.24) is 5.32 Å². The molecule has 0 aromatic rings. The predicted octanol–water partition coefficient (Wildman–Crippen LogP) is -0.336. The van der Waals surface area contributed by atoms with Crippen molar-refractivity contribution in [3.05, 3.63) is 0 Å². The SMILES string of the molecule is O=C1CC2NCCC2O1. The van der Waals surface area contributed by atoms with Crippen LogP contribution in [0.25, 0.3) is 0 Å². The molecule has 2 atom stereocenters. The summed E-state index contributed by atoms with van der Waals surface area (Å²) in [5.41, 5.74) is 0. The van der Waals surface area contributed by atoms with E-state index in [2.05, 4.69) is 5.32 Å². The molecular weight excluding hydrogens is 118 g/mol. The second-order valence-corrected chi connectivity index (χ2v) is 2.58. The molecule has 0 saturated carbocycles. The van der Waals surface area contributed by atoms with Crippen molar-refractivity contribution in [3.63, 3.8) is 0 Å². The van der Waals surface area contributed by atoms with Gasteiger partial charge in [-0.25, -0.2) is 0 Å². The van der Waals surface area contributed by atoms with Crippen LogP contribution in [0.15, 0.2) is 0 Å². The first-order valence-corrected chi connectivity index (χ1v) is 3.29. The Morgan fingerprint density at radius 2 is 2.56 bits per heavy atom. The maximum absolute atomic E-state index is 10.6. The summed E-state index contributed by atoms with van der Waals surface area (Å²) in [6, 6.07) is 0.331. The smallest absolute Gasteiger partial charge is 0.307 e. The molecular formula is C6H9NO2. The summed E-state index contributed by atoms with van der Waals surface area (Å²) in [5, 5.41) is 3.20. The number of rotatable bonds is 0. The lowest BCUT2D eigenvalue weighted by molar-refractivity contribution is -0.141. The minimum absolute atomic E-state index is 0.0443. The fourth-order valence-corrected chi connectivity index (χ4v) is 1.48. The highest BCUT2D eigenvalue weighted by molar-refractivity contribution is 5.73. The Kier molecular flexibility index (Phi) is 0.990. The third-order valence-electron chi connectivity index (χ3n) is 1.95. The lowest BCUT2D eigenvalue weighted by Gasteiger charge is -2.03. The van der Waals surface area contributed by atoms with Crippen LogP contribution in [0.2, 0.25) is 0 Å². The zero-order valence-electron chi connectivity index (χ0n) is 5.09. The van der Waals surface area contributed by atoms with Crippen molar-refractivity contribution in [1.29, 1.82) is 0 Å². The first-order valence-electron chi connectivity index (χ1n) is 3.29. The van der Waals surface area contributed by atoms with E-state index < -0.39 is 0 Å². The van der Waals surface area contributed by atoms with Crippen LogP contribution < -0.4 is 5.32 Å². The minimum atomic E-state index is -0.0443. The molecule has 2 saturated heterocycles. The van der Waals surface area contributed by atoms with Gasteiger partial charge in [0.05, 0.1) is 12.5 Å². The molecule has 3 nitrogen and oxygen atoms in total. The zero-order chi connectivity index (χ0) is 6.27. The average molecular weight is 127 g/mol. The summed E-state index contributed by atoms with van der Waals surface area (Å²) < 4.78 is 4.98. The summed E-state index contributed by atoms with van der Waals surface area (Å²) in [7, 11) is 0. The Labute approximate surface area is 53.4 Å². The van der Waals surface area contributed by atoms with Crippen LogP contribution in [0.4, 0.5) is 0 Å². The standard InChI is InChI=1S/C6H9NO2/c8-6-3-4-5(9-6)1-2-7-4/h4-5,7H,1-3H2. The van der Waals surface area contributed by atoms with Crippen LogP contribution in [0, 0.1) is 0 Å². The second kappa shape index (κ2) is 1.70. The van der Waals surface area contributed by atoms with Gasteiger partial charge in [-0.05, 0) is 13.0 Å². The molecule has 2 aliphatic rings. The van der Waals surface area contributed by atoms with Crippen molar-refractivity contribution >= 4 is 5.97 Å². The summed E-state index contributed by atoms with van der Waals surface area (Å²) >= 11 is 0. The van der Waals surface area contributed by atoms with E-state index in [4.69, 9.17) is 4.74 Å². The highest BCUT2D eigenvalue weighted by atomic mass is 16.6. The van der Waals surface area contributed by atoms with E-state index in [0.717, 1.165) is 13.0 Å². The van der Waals surface area contributed by atoms with Crippen molar-refractivity contribution in [2.24, 2.45) is 0 Å². The fraction of sp³-hybridized carbons (Fsp3) is 0.833. The van der Waals surface area contributed by atoms with Crippen LogP contribution in [0.5, 0.6) is 0 Å². The number of nitrogens with one attached hydrogen (secondary N) is 1. The largest absolute Gasteiger partial charge is 0.461 e.